The second-order valence-electron chi connectivity index (χ2n) is 8.93. The zero-order chi connectivity index (χ0) is 22.7. The number of aromatic amines is 1. The maximum atomic E-state index is 13.4. The van der Waals surface area contributed by atoms with Gasteiger partial charge >= 0.3 is 0 Å². The van der Waals surface area contributed by atoms with Crippen LogP contribution in [0.15, 0.2) is 48.8 Å². The molecule has 0 saturated heterocycles. The average molecular weight is 437 g/mol. The van der Waals surface area contributed by atoms with Gasteiger partial charge in [-0.1, -0.05) is 12.1 Å². The fourth-order valence-corrected chi connectivity index (χ4v) is 4.66. The van der Waals surface area contributed by atoms with E-state index < -0.39 is 11.9 Å². The molecule has 2 aromatic heterocycles. The number of amides is 1. The lowest BCUT2D eigenvalue weighted by atomic mass is 9.92. The number of aliphatic hydroxyl groups is 1. The van der Waals surface area contributed by atoms with E-state index in [1.807, 2.05) is 37.3 Å². The summed E-state index contributed by atoms with van der Waals surface area (Å²) in [6.07, 6.45) is 5.75. The number of hydrogen-bond acceptors (Lipinski definition) is 4. The van der Waals surface area contributed by atoms with E-state index in [0.717, 1.165) is 43.3 Å². The molecule has 1 fully saturated rings. The van der Waals surface area contributed by atoms with Crippen LogP contribution in [0.25, 0.3) is 0 Å². The first-order valence-electron chi connectivity index (χ1n) is 11.0. The molecule has 32 heavy (non-hydrogen) atoms. The van der Waals surface area contributed by atoms with Crippen LogP contribution in [0.4, 0.5) is 4.39 Å². The van der Waals surface area contributed by atoms with Crippen LogP contribution in [0.1, 0.15) is 58.2 Å². The zero-order valence-corrected chi connectivity index (χ0v) is 18.5. The van der Waals surface area contributed by atoms with E-state index in [0.29, 0.717) is 23.6 Å². The van der Waals surface area contributed by atoms with Crippen molar-refractivity contribution < 1.29 is 14.3 Å². The fraction of sp³-hybridized carbons (Fsp3) is 0.400. The average Bonchev–Trinajstić information content (AvgIpc) is 3.42. The number of aliphatic hydroxyl groups excluding tert-OH is 1. The van der Waals surface area contributed by atoms with Crippen LogP contribution in [-0.4, -0.2) is 38.1 Å². The first-order valence-corrected chi connectivity index (χ1v) is 11.0. The molecule has 3 aromatic rings. The molecule has 168 valence electrons. The quantitative estimate of drug-likeness (QED) is 0.581. The molecule has 3 atom stereocenters. The van der Waals surface area contributed by atoms with E-state index >= 15 is 0 Å². The normalized spacial score (nSPS) is 19.1. The third-order valence-electron chi connectivity index (χ3n) is 6.33. The standard InChI is InChI=1S/C25H29FN4O2/c1-16-9-23(29-28-16)15-30(2)25(32)19-6-3-17(4-7-19)10-18-5-8-20(11-18)24(31)21-12-22(26)14-27-13-21/h3-4,6-7,9,12-14,18,20,24,31H,5,8,10-11,15H2,1-2H3,(H,28,29)/t18-,20-,24-/m0/s1. The Kier molecular flexibility index (Phi) is 6.65. The van der Waals surface area contributed by atoms with Crippen LogP contribution in [-0.2, 0) is 13.0 Å². The van der Waals surface area contributed by atoms with Crippen LogP contribution >= 0.6 is 0 Å². The van der Waals surface area contributed by atoms with Crippen molar-refractivity contribution in [2.45, 2.75) is 45.3 Å². The van der Waals surface area contributed by atoms with Crippen LogP contribution in [0.2, 0.25) is 0 Å². The lowest BCUT2D eigenvalue weighted by Gasteiger charge is -2.19. The Bertz CT molecular complexity index is 1070. The Labute approximate surface area is 187 Å². The Morgan fingerprint density at radius 3 is 2.72 bits per heavy atom. The van der Waals surface area contributed by atoms with Gasteiger partial charge in [0.05, 0.1) is 24.5 Å². The maximum Gasteiger partial charge on any atom is 0.253 e. The number of pyridine rings is 1. The molecule has 0 bridgehead atoms. The van der Waals surface area contributed by atoms with Gasteiger partial charge in [0.15, 0.2) is 0 Å². The SMILES string of the molecule is Cc1cc(CN(C)C(=O)c2ccc(C[C@@H]3CC[C@H]([C@H](O)c4cncc(F)c4)C3)cc2)n[nH]1. The molecule has 6 nitrogen and oxygen atoms in total. The van der Waals surface area contributed by atoms with Gasteiger partial charge in [0.2, 0.25) is 0 Å². The van der Waals surface area contributed by atoms with Crippen LogP contribution in [0.5, 0.6) is 0 Å². The van der Waals surface area contributed by atoms with E-state index in [4.69, 9.17) is 0 Å². The summed E-state index contributed by atoms with van der Waals surface area (Å²) in [5.41, 5.74) is 4.19. The molecule has 1 aromatic carbocycles. The molecule has 1 aliphatic rings. The largest absolute Gasteiger partial charge is 0.388 e. The van der Waals surface area contributed by atoms with Crippen molar-refractivity contribution >= 4 is 5.91 Å². The number of aryl methyl sites for hydroxylation is 1. The first-order chi connectivity index (χ1) is 15.4. The van der Waals surface area contributed by atoms with Crippen molar-refractivity contribution in [1.82, 2.24) is 20.1 Å². The molecule has 0 unspecified atom stereocenters. The molecular formula is C25H29FN4O2. The molecule has 1 aliphatic carbocycles. The predicted molar refractivity (Wildman–Crippen MR) is 119 cm³/mol. The summed E-state index contributed by atoms with van der Waals surface area (Å²) in [4.78, 5) is 18.2. The molecule has 2 heterocycles. The number of carbonyl (C=O) groups excluding carboxylic acids is 1. The van der Waals surface area contributed by atoms with Gasteiger partial charge in [-0.2, -0.15) is 5.10 Å². The molecule has 4 rings (SSSR count). The maximum absolute atomic E-state index is 13.4. The Morgan fingerprint density at radius 1 is 1.25 bits per heavy atom. The summed E-state index contributed by atoms with van der Waals surface area (Å²) >= 11 is 0. The molecule has 0 radical (unpaired) electrons. The highest BCUT2D eigenvalue weighted by atomic mass is 19.1. The lowest BCUT2D eigenvalue weighted by Crippen LogP contribution is -2.26. The summed E-state index contributed by atoms with van der Waals surface area (Å²) in [5.74, 6) is 0.118. The van der Waals surface area contributed by atoms with Gasteiger partial charge in [0, 0.05) is 30.1 Å². The van der Waals surface area contributed by atoms with Crippen molar-refractivity contribution in [2.24, 2.45) is 11.8 Å². The van der Waals surface area contributed by atoms with Gasteiger partial charge in [-0.25, -0.2) is 4.39 Å². The second kappa shape index (κ2) is 9.61. The van der Waals surface area contributed by atoms with Gasteiger partial charge in [-0.05, 0) is 74.3 Å². The number of nitrogens with one attached hydrogen (secondary N) is 1. The first kappa shape index (κ1) is 22.1. The highest BCUT2D eigenvalue weighted by molar-refractivity contribution is 5.94. The smallest absolute Gasteiger partial charge is 0.253 e. The molecule has 7 heteroatoms. The monoisotopic (exact) mass is 436 g/mol. The van der Waals surface area contributed by atoms with Crippen molar-refractivity contribution in [2.75, 3.05) is 7.05 Å². The lowest BCUT2D eigenvalue weighted by molar-refractivity contribution is 0.0783. The zero-order valence-electron chi connectivity index (χ0n) is 18.5. The summed E-state index contributed by atoms with van der Waals surface area (Å²) in [6, 6.07) is 11.1. The van der Waals surface area contributed by atoms with Gasteiger partial charge in [0.25, 0.3) is 5.91 Å². The van der Waals surface area contributed by atoms with Crippen molar-refractivity contribution in [3.63, 3.8) is 0 Å². The number of rotatable bonds is 7. The minimum Gasteiger partial charge on any atom is -0.388 e. The number of hydrogen-bond donors (Lipinski definition) is 2. The van der Waals surface area contributed by atoms with Gasteiger partial charge < -0.3 is 10.0 Å². The Morgan fingerprint density at radius 2 is 2.03 bits per heavy atom. The third kappa shape index (κ3) is 5.22. The van der Waals surface area contributed by atoms with Gasteiger partial charge in [0.1, 0.15) is 5.82 Å². The van der Waals surface area contributed by atoms with E-state index in [1.165, 1.54) is 11.6 Å². The van der Waals surface area contributed by atoms with E-state index in [-0.39, 0.29) is 11.8 Å². The Balaban J connectivity index is 1.31. The molecule has 1 amide bonds. The topological polar surface area (TPSA) is 82.1 Å². The minimum atomic E-state index is -0.683. The van der Waals surface area contributed by atoms with Gasteiger partial charge in [-0.3, -0.25) is 14.9 Å². The van der Waals surface area contributed by atoms with E-state index in [2.05, 4.69) is 15.2 Å². The molecule has 0 spiro atoms. The van der Waals surface area contributed by atoms with Crippen molar-refractivity contribution in [3.05, 3.63) is 82.7 Å². The summed E-state index contributed by atoms with van der Waals surface area (Å²) in [6.45, 7) is 2.39. The second-order valence-corrected chi connectivity index (χ2v) is 8.93. The predicted octanol–water partition coefficient (Wildman–Crippen LogP) is 4.22. The van der Waals surface area contributed by atoms with Crippen LogP contribution in [0, 0.1) is 24.6 Å². The summed E-state index contributed by atoms with van der Waals surface area (Å²) in [7, 11) is 1.78. The molecular weight excluding hydrogens is 407 g/mol. The molecule has 0 aliphatic heterocycles. The number of nitrogens with zero attached hydrogens (tertiary/aromatic N) is 3. The number of H-pyrrole nitrogens is 1. The Hall–Kier alpha value is -3.06. The van der Waals surface area contributed by atoms with Crippen LogP contribution < -0.4 is 0 Å². The number of carbonyl (C=O) groups is 1. The fourth-order valence-electron chi connectivity index (χ4n) is 4.66. The number of aromatic nitrogens is 3. The highest BCUT2D eigenvalue weighted by Gasteiger charge is 2.31. The van der Waals surface area contributed by atoms with E-state index in [9.17, 15) is 14.3 Å². The van der Waals surface area contributed by atoms with E-state index in [1.54, 1.807) is 18.1 Å². The molecule has 2 N–H and O–H groups in total. The third-order valence-corrected chi connectivity index (χ3v) is 6.33. The van der Waals surface area contributed by atoms with Crippen LogP contribution in [0.3, 0.4) is 0 Å². The highest BCUT2D eigenvalue weighted by Crippen LogP contribution is 2.40. The molecule has 1 saturated carbocycles. The number of halogens is 1. The van der Waals surface area contributed by atoms with Crippen molar-refractivity contribution in [3.8, 4) is 0 Å². The minimum absolute atomic E-state index is 0.0371. The summed E-state index contributed by atoms with van der Waals surface area (Å²) in [5, 5.41) is 17.7. The summed E-state index contributed by atoms with van der Waals surface area (Å²) < 4.78 is 13.4. The van der Waals surface area contributed by atoms with Gasteiger partial charge in [-0.15, -0.1) is 0 Å². The number of benzene rings is 1. The van der Waals surface area contributed by atoms with Crippen molar-refractivity contribution in [1.29, 1.82) is 0 Å².